The molecule has 4 nitrogen and oxygen atoms in total. The van der Waals surface area contributed by atoms with E-state index in [4.69, 9.17) is 23.2 Å². The molecule has 1 aliphatic heterocycles. The standard InChI is InChI=1S/C14H16Cl2N2O2/c1-9-10(2)18(14(20)8-16)12-6-4-3-5-11(12)17(9)13(19)7-15/h3-6,9-10H,7-8H2,1-2H3/t9-,10-/m1/s1. The van der Waals surface area contributed by atoms with Gasteiger partial charge in [-0.2, -0.15) is 0 Å². The van der Waals surface area contributed by atoms with Gasteiger partial charge in [0, 0.05) is 0 Å². The van der Waals surface area contributed by atoms with Gasteiger partial charge in [0.1, 0.15) is 11.8 Å². The molecule has 0 N–H and O–H groups in total. The first kappa shape index (κ1) is 15.1. The van der Waals surface area contributed by atoms with E-state index >= 15 is 0 Å². The van der Waals surface area contributed by atoms with Gasteiger partial charge in [-0.15, -0.1) is 23.2 Å². The number of carbonyl (C=O) groups excluding carboxylic acids is 2. The minimum absolute atomic E-state index is 0.0884. The van der Waals surface area contributed by atoms with Gasteiger partial charge in [-0.1, -0.05) is 12.1 Å². The van der Waals surface area contributed by atoms with Gasteiger partial charge < -0.3 is 9.80 Å². The van der Waals surface area contributed by atoms with Gasteiger partial charge in [0.25, 0.3) is 0 Å². The number of hydrogen-bond acceptors (Lipinski definition) is 2. The molecule has 6 heteroatoms. The Kier molecular flexibility index (Phi) is 4.55. The van der Waals surface area contributed by atoms with Crippen LogP contribution in [0.3, 0.4) is 0 Å². The maximum Gasteiger partial charge on any atom is 0.242 e. The van der Waals surface area contributed by atoms with Crippen molar-refractivity contribution in [2.45, 2.75) is 25.9 Å². The number of fused-ring (bicyclic) bond motifs is 1. The third-order valence-corrected chi connectivity index (χ3v) is 4.14. The average molecular weight is 315 g/mol. The van der Waals surface area contributed by atoms with Crippen molar-refractivity contribution in [1.29, 1.82) is 0 Å². The second kappa shape index (κ2) is 6.02. The first-order valence-corrected chi connectivity index (χ1v) is 7.45. The Morgan fingerprint density at radius 1 is 0.950 bits per heavy atom. The van der Waals surface area contributed by atoms with Crippen LogP contribution in [-0.4, -0.2) is 35.7 Å². The van der Waals surface area contributed by atoms with Crippen LogP contribution in [0.1, 0.15) is 13.8 Å². The van der Waals surface area contributed by atoms with E-state index < -0.39 is 0 Å². The monoisotopic (exact) mass is 314 g/mol. The Morgan fingerprint density at radius 3 is 1.60 bits per heavy atom. The predicted molar refractivity (Wildman–Crippen MR) is 81.8 cm³/mol. The first-order chi connectivity index (χ1) is 9.52. The smallest absolute Gasteiger partial charge is 0.242 e. The molecule has 2 amide bonds. The van der Waals surface area contributed by atoms with Crippen molar-refractivity contribution in [2.75, 3.05) is 21.6 Å². The number of benzene rings is 1. The second-order valence-corrected chi connectivity index (χ2v) is 5.30. The molecule has 0 aliphatic carbocycles. The van der Waals surface area contributed by atoms with Crippen LogP contribution in [0, 0.1) is 0 Å². The van der Waals surface area contributed by atoms with Gasteiger partial charge in [0.05, 0.1) is 23.5 Å². The van der Waals surface area contributed by atoms with Crippen LogP contribution in [0.15, 0.2) is 24.3 Å². The number of amides is 2. The van der Waals surface area contributed by atoms with Crippen LogP contribution in [0.5, 0.6) is 0 Å². The van der Waals surface area contributed by atoms with E-state index in [9.17, 15) is 9.59 Å². The Labute approximate surface area is 128 Å². The zero-order valence-corrected chi connectivity index (χ0v) is 12.9. The van der Waals surface area contributed by atoms with Crippen LogP contribution in [0.25, 0.3) is 0 Å². The topological polar surface area (TPSA) is 40.6 Å². The van der Waals surface area contributed by atoms with Gasteiger partial charge >= 0.3 is 0 Å². The summed E-state index contributed by atoms with van der Waals surface area (Å²) >= 11 is 11.4. The highest BCUT2D eigenvalue weighted by Crippen LogP contribution is 2.38. The van der Waals surface area contributed by atoms with Crippen molar-refractivity contribution in [3.63, 3.8) is 0 Å². The molecule has 0 spiro atoms. The molecule has 0 saturated carbocycles. The highest BCUT2D eigenvalue weighted by Gasteiger charge is 2.39. The molecule has 0 radical (unpaired) electrons. The normalized spacial score (nSPS) is 21.6. The summed E-state index contributed by atoms with van der Waals surface area (Å²) in [5.41, 5.74) is 1.39. The molecule has 0 bridgehead atoms. The maximum absolute atomic E-state index is 12.1. The first-order valence-electron chi connectivity index (χ1n) is 6.38. The minimum atomic E-state index is -0.170. The van der Waals surface area contributed by atoms with Crippen molar-refractivity contribution in [3.05, 3.63) is 24.3 Å². The highest BCUT2D eigenvalue weighted by atomic mass is 35.5. The average Bonchev–Trinajstić information content (AvgIpc) is 2.47. The molecule has 0 fully saturated rings. The third kappa shape index (κ3) is 2.38. The van der Waals surface area contributed by atoms with Gasteiger partial charge in [-0.25, -0.2) is 0 Å². The summed E-state index contributed by atoms with van der Waals surface area (Å²) in [5, 5.41) is 0. The predicted octanol–water partition coefficient (Wildman–Crippen LogP) is 2.62. The number of anilines is 2. The van der Waals surface area contributed by atoms with Crippen molar-refractivity contribution < 1.29 is 9.59 Å². The number of rotatable bonds is 2. The van der Waals surface area contributed by atoms with Gasteiger partial charge in [-0.05, 0) is 26.0 Å². The Hall–Kier alpha value is -1.26. The van der Waals surface area contributed by atoms with E-state index in [1.807, 2.05) is 38.1 Å². The maximum atomic E-state index is 12.1. The number of alkyl halides is 2. The molecule has 20 heavy (non-hydrogen) atoms. The molecule has 1 aromatic carbocycles. The summed E-state index contributed by atoms with van der Waals surface area (Å²) in [6, 6.07) is 6.97. The Balaban J connectivity index is 2.57. The molecule has 1 aliphatic rings. The molecule has 2 atom stereocenters. The van der Waals surface area contributed by atoms with Crippen LogP contribution in [0.4, 0.5) is 11.4 Å². The summed E-state index contributed by atoms with van der Waals surface area (Å²) in [4.78, 5) is 27.5. The fourth-order valence-corrected chi connectivity index (χ4v) is 2.85. The zero-order valence-electron chi connectivity index (χ0n) is 11.3. The summed E-state index contributed by atoms with van der Waals surface area (Å²) in [5.74, 6) is -0.517. The summed E-state index contributed by atoms with van der Waals surface area (Å²) in [6.45, 7) is 3.80. The number of nitrogens with zero attached hydrogens (tertiary/aromatic N) is 2. The van der Waals surface area contributed by atoms with E-state index in [0.717, 1.165) is 0 Å². The van der Waals surface area contributed by atoms with Crippen LogP contribution in [0.2, 0.25) is 0 Å². The molecule has 1 aromatic rings. The molecular weight excluding hydrogens is 299 g/mol. The van der Waals surface area contributed by atoms with E-state index in [1.54, 1.807) is 9.80 Å². The number of halogens is 2. The van der Waals surface area contributed by atoms with Crippen LogP contribution in [-0.2, 0) is 9.59 Å². The molecule has 108 valence electrons. The van der Waals surface area contributed by atoms with E-state index in [0.29, 0.717) is 11.4 Å². The molecule has 0 unspecified atom stereocenters. The molecule has 2 rings (SSSR count). The van der Waals surface area contributed by atoms with E-state index in [1.165, 1.54) is 0 Å². The lowest BCUT2D eigenvalue weighted by atomic mass is 10.0. The summed E-state index contributed by atoms with van der Waals surface area (Å²) in [7, 11) is 0. The Bertz CT molecular complexity index is 489. The highest BCUT2D eigenvalue weighted by molar-refractivity contribution is 6.31. The number of hydrogen-bond donors (Lipinski definition) is 0. The molecule has 1 heterocycles. The lowest BCUT2D eigenvalue weighted by Gasteiger charge is -2.45. The summed E-state index contributed by atoms with van der Waals surface area (Å²) < 4.78 is 0. The van der Waals surface area contributed by atoms with Gasteiger partial charge in [0.2, 0.25) is 11.8 Å². The Morgan fingerprint density at radius 2 is 1.30 bits per heavy atom. The fraction of sp³-hybridized carbons (Fsp3) is 0.429. The van der Waals surface area contributed by atoms with Crippen molar-refractivity contribution in [1.82, 2.24) is 0 Å². The van der Waals surface area contributed by atoms with Crippen LogP contribution < -0.4 is 9.80 Å². The van der Waals surface area contributed by atoms with E-state index in [2.05, 4.69) is 0 Å². The quantitative estimate of drug-likeness (QED) is 0.787. The van der Waals surface area contributed by atoms with Gasteiger partial charge in [-0.3, -0.25) is 9.59 Å². The zero-order chi connectivity index (χ0) is 14.9. The molecule has 0 aromatic heterocycles. The SMILES string of the molecule is C[C@@H]1[C@@H](C)N(C(=O)CCl)c2ccccc2N1C(=O)CCl. The number of para-hydroxylation sites is 2. The van der Waals surface area contributed by atoms with E-state index in [-0.39, 0.29) is 35.7 Å². The lowest BCUT2D eigenvalue weighted by Crippen LogP contribution is -2.58. The lowest BCUT2D eigenvalue weighted by molar-refractivity contribution is -0.119. The summed E-state index contributed by atoms with van der Waals surface area (Å²) in [6.07, 6.45) is 0. The van der Waals surface area contributed by atoms with Crippen molar-refractivity contribution >= 4 is 46.4 Å². The third-order valence-electron chi connectivity index (χ3n) is 3.68. The second-order valence-electron chi connectivity index (χ2n) is 4.76. The fourth-order valence-electron chi connectivity index (χ4n) is 2.59. The largest absolute Gasteiger partial charge is 0.304 e. The van der Waals surface area contributed by atoms with Crippen LogP contribution >= 0.6 is 23.2 Å². The number of carbonyl (C=O) groups is 2. The van der Waals surface area contributed by atoms with Gasteiger partial charge in [0.15, 0.2) is 0 Å². The minimum Gasteiger partial charge on any atom is -0.304 e. The molecular formula is C14H16Cl2N2O2. The van der Waals surface area contributed by atoms with Crippen molar-refractivity contribution in [3.8, 4) is 0 Å². The van der Waals surface area contributed by atoms with Crippen molar-refractivity contribution in [2.24, 2.45) is 0 Å². The molecule has 0 saturated heterocycles.